The molecule has 0 bridgehead atoms. The van der Waals surface area contributed by atoms with E-state index in [1.165, 1.54) is 12.4 Å². The van der Waals surface area contributed by atoms with E-state index < -0.39 is 24.2 Å². The summed E-state index contributed by atoms with van der Waals surface area (Å²) in [5.41, 5.74) is -0.131. The van der Waals surface area contributed by atoms with E-state index in [4.69, 9.17) is 4.74 Å². The molecule has 2 rings (SSSR count). The van der Waals surface area contributed by atoms with Crippen LogP contribution in [-0.2, 0) is 14.3 Å². The van der Waals surface area contributed by atoms with E-state index in [1.54, 1.807) is 11.9 Å². The number of aromatic nitrogens is 1. The lowest BCUT2D eigenvalue weighted by atomic mass is 9.92. The second-order valence-corrected chi connectivity index (χ2v) is 11.3. The largest absolute Gasteiger partial charge is 0.476 e. The molecular formula is C26H43N5O6S. The molecule has 1 aromatic rings. The number of carbonyl (C=O) groups excluding carboxylic acids is 3. The molecule has 3 amide bonds. The zero-order valence-electron chi connectivity index (χ0n) is 23.5. The summed E-state index contributed by atoms with van der Waals surface area (Å²) in [4.78, 5) is 58.4. The molecule has 5 atom stereocenters. The highest BCUT2D eigenvalue weighted by Gasteiger charge is 2.37. The van der Waals surface area contributed by atoms with E-state index in [1.807, 2.05) is 39.6 Å². The first-order chi connectivity index (χ1) is 17.9. The number of rotatable bonds is 12. The van der Waals surface area contributed by atoms with Gasteiger partial charge >= 0.3 is 12.1 Å². The third kappa shape index (κ3) is 8.13. The van der Waals surface area contributed by atoms with Crippen LogP contribution in [0.15, 0.2) is 5.38 Å². The van der Waals surface area contributed by atoms with Crippen molar-refractivity contribution in [1.82, 2.24) is 25.4 Å². The van der Waals surface area contributed by atoms with Crippen LogP contribution in [0.2, 0.25) is 0 Å². The van der Waals surface area contributed by atoms with Crippen molar-refractivity contribution in [3.63, 3.8) is 0 Å². The molecule has 0 radical (unpaired) electrons. The standard InChI is InChI=1S/C26H43N5O6S/c1-8-16(4)21(29-22(32)18-11-9-10-12-30(18)6)24(33)31(7)19(15(2)3)13-20(37-26(36)27-5)23-28-17(14-38-23)25(34)35/h14-16,18-21H,8-13H2,1-7H3,(H,27,36)(H,29,32)(H,34,35)/t16-,18?,19+,20+,21-/m0/s1. The SMILES string of the molecule is CC[C@H](C)[C@H](NC(=O)C1CCCCN1C)C(=O)N(C)[C@H](C[C@@H](OC(=O)NC)c1nc(C(=O)O)cs1)C(C)C. The average molecular weight is 554 g/mol. The van der Waals surface area contributed by atoms with Crippen molar-refractivity contribution >= 4 is 35.2 Å². The molecule has 0 spiro atoms. The van der Waals surface area contributed by atoms with Gasteiger partial charge in [-0.1, -0.05) is 40.5 Å². The minimum atomic E-state index is -1.17. The number of ether oxygens (including phenoxy) is 1. The predicted octanol–water partition coefficient (Wildman–Crippen LogP) is 3.13. The fraction of sp³-hybridized carbons (Fsp3) is 0.731. The maximum Gasteiger partial charge on any atom is 0.407 e. The Morgan fingerprint density at radius 1 is 1.26 bits per heavy atom. The molecule has 0 aromatic carbocycles. The van der Waals surface area contributed by atoms with Crippen molar-refractivity contribution in [3.05, 3.63) is 16.1 Å². The quantitative estimate of drug-likeness (QED) is 0.359. The molecule has 1 aliphatic heterocycles. The lowest BCUT2D eigenvalue weighted by Crippen LogP contribution is -2.58. The second-order valence-electron chi connectivity index (χ2n) is 10.4. The van der Waals surface area contributed by atoms with Gasteiger partial charge in [0.1, 0.15) is 11.0 Å². The van der Waals surface area contributed by atoms with Gasteiger partial charge in [-0.15, -0.1) is 11.3 Å². The second kappa shape index (κ2) is 14.4. The number of likely N-dealkylation sites (N-methyl/N-ethyl adjacent to an activating group) is 2. The zero-order chi connectivity index (χ0) is 28.6. The number of carboxylic acids is 1. The molecule has 1 aromatic heterocycles. The van der Waals surface area contributed by atoms with Gasteiger partial charge in [-0.2, -0.15) is 0 Å². The van der Waals surface area contributed by atoms with Crippen LogP contribution in [0, 0.1) is 11.8 Å². The molecular weight excluding hydrogens is 510 g/mol. The molecule has 1 fully saturated rings. The third-order valence-corrected chi connectivity index (χ3v) is 8.33. The van der Waals surface area contributed by atoms with Crippen molar-refractivity contribution in [2.75, 3.05) is 27.7 Å². The predicted molar refractivity (Wildman–Crippen MR) is 145 cm³/mol. The Morgan fingerprint density at radius 2 is 1.95 bits per heavy atom. The number of amides is 3. The summed E-state index contributed by atoms with van der Waals surface area (Å²) in [6.45, 7) is 8.71. The first-order valence-corrected chi connectivity index (χ1v) is 14.1. The van der Waals surface area contributed by atoms with Gasteiger partial charge in [-0.25, -0.2) is 14.6 Å². The number of nitrogens with one attached hydrogen (secondary N) is 2. The van der Waals surface area contributed by atoms with E-state index in [-0.39, 0.29) is 47.8 Å². The molecule has 1 saturated heterocycles. The van der Waals surface area contributed by atoms with Crippen LogP contribution >= 0.6 is 11.3 Å². The summed E-state index contributed by atoms with van der Waals surface area (Å²) in [5, 5.41) is 16.5. The first-order valence-electron chi connectivity index (χ1n) is 13.2. The lowest BCUT2D eigenvalue weighted by molar-refractivity contribution is -0.141. The van der Waals surface area contributed by atoms with Gasteiger partial charge in [0, 0.05) is 31.9 Å². The van der Waals surface area contributed by atoms with Gasteiger partial charge in [-0.05, 0) is 38.3 Å². The Morgan fingerprint density at radius 3 is 2.47 bits per heavy atom. The summed E-state index contributed by atoms with van der Waals surface area (Å²) in [6, 6.07) is -1.34. The number of carboxylic acid groups (broad SMARTS) is 1. The Hall–Kier alpha value is -2.73. The van der Waals surface area contributed by atoms with Crippen LogP contribution in [0.3, 0.4) is 0 Å². The minimum absolute atomic E-state index is 0.0311. The number of hydrogen-bond donors (Lipinski definition) is 3. The smallest absolute Gasteiger partial charge is 0.407 e. The van der Waals surface area contributed by atoms with E-state index in [0.717, 1.165) is 37.1 Å². The molecule has 0 aliphatic carbocycles. The van der Waals surface area contributed by atoms with Gasteiger partial charge in [0.2, 0.25) is 11.8 Å². The van der Waals surface area contributed by atoms with Gasteiger partial charge in [0.05, 0.1) is 6.04 Å². The molecule has 38 heavy (non-hydrogen) atoms. The van der Waals surface area contributed by atoms with Gasteiger partial charge in [0.25, 0.3) is 0 Å². The number of likely N-dealkylation sites (tertiary alicyclic amines) is 1. The van der Waals surface area contributed by atoms with Crippen LogP contribution in [0.25, 0.3) is 0 Å². The van der Waals surface area contributed by atoms with Gasteiger partial charge < -0.3 is 25.4 Å². The van der Waals surface area contributed by atoms with E-state index in [2.05, 4.69) is 15.6 Å². The first kappa shape index (κ1) is 31.5. The molecule has 11 nitrogen and oxygen atoms in total. The molecule has 214 valence electrons. The van der Waals surface area contributed by atoms with Crippen molar-refractivity contribution < 1.29 is 29.0 Å². The highest BCUT2D eigenvalue weighted by Crippen LogP contribution is 2.31. The summed E-state index contributed by atoms with van der Waals surface area (Å²) < 4.78 is 5.57. The van der Waals surface area contributed by atoms with Crippen LogP contribution in [0.4, 0.5) is 4.79 Å². The topological polar surface area (TPSA) is 141 Å². The molecule has 3 N–H and O–H groups in total. The number of piperidine rings is 1. The van der Waals surface area contributed by atoms with Crippen LogP contribution in [0.1, 0.15) is 81.4 Å². The van der Waals surface area contributed by atoms with Gasteiger partial charge in [-0.3, -0.25) is 14.5 Å². The van der Waals surface area contributed by atoms with Crippen molar-refractivity contribution in [2.24, 2.45) is 11.8 Å². The number of hydrogen-bond acceptors (Lipinski definition) is 8. The van der Waals surface area contributed by atoms with E-state index in [9.17, 15) is 24.3 Å². The van der Waals surface area contributed by atoms with Crippen molar-refractivity contribution in [2.45, 2.75) is 84.0 Å². The minimum Gasteiger partial charge on any atom is -0.476 e. The maximum absolute atomic E-state index is 13.9. The Bertz CT molecular complexity index is 970. The monoisotopic (exact) mass is 553 g/mol. The molecule has 1 aliphatic rings. The van der Waals surface area contributed by atoms with E-state index in [0.29, 0.717) is 11.4 Å². The van der Waals surface area contributed by atoms with Gasteiger partial charge in [0.15, 0.2) is 11.8 Å². The van der Waals surface area contributed by atoms with E-state index >= 15 is 0 Å². The number of nitrogens with zero attached hydrogens (tertiary/aromatic N) is 3. The van der Waals surface area contributed by atoms with Crippen LogP contribution < -0.4 is 10.6 Å². The molecule has 1 unspecified atom stereocenters. The van der Waals surface area contributed by atoms with Crippen molar-refractivity contribution in [3.8, 4) is 0 Å². The summed E-state index contributed by atoms with van der Waals surface area (Å²) in [7, 11) is 5.07. The summed E-state index contributed by atoms with van der Waals surface area (Å²) in [5.74, 6) is -1.64. The molecule has 12 heteroatoms. The molecule has 0 saturated carbocycles. The number of carbonyl (C=O) groups is 4. The summed E-state index contributed by atoms with van der Waals surface area (Å²) >= 11 is 1.09. The van der Waals surface area contributed by atoms with Crippen LogP contribution in [-0.4, -0.2) is 89.6 Å². The van der Waals surface area contributed by atoms with Crippen LogP contribution in [0.5, 0.6) is 0 Å². The number of aromatic carboxylic acids is 1. The number of thiazole rings is 1. The average Bonchev–Trinajstić information content (AvgIpc) is 3.39. The highest BCUT2D eigenvalue weighted by atomic mass is 32.1. The van der Waals surface area contributed by atoms with Crippen molar-refractivity contribution in [1.29, 1.82) is 0 Å². The summed E-state index contributed by atoms with van der Waals surface area (Å²) in [6.07, 6.45) is 2.18. The highest BCUT2D eigenvalue weighted by molar-refractivity contribution is 7.09. The Kier molecular flexibility index (Phi) is 12.0. The number of alkyl carbamates (subject to hydrolysis) is 1. The maximum atomic E-state index is 13.9. The Balaban J connectivity index is 2.29. The zero-order valence-corrected chi connectivity index (χ0v) is 24.3. The third-order valence-electron chi connectivity index (χ3n) is 7.39. The Labute approximate surface area is 229 Å². The molecule has 2 heterocycles. The fourth-order valence-corrected chi connectivity index (χ4v) is 5.57. The normalized spacial score (nSPS) is 19.2. The fourth-order valence-electron chi connectivity index (χ4n) is 4.74. The lowest BCUT2D eigenvalue weighted by Gasteiger charge is -2.38.